The first-order valence-corrected chi connectivity index (χ1v) is 11.6. The van der Waals surface area contributed by atoms with E-state index in [-0.39, 0.29) is 12.0 Å². The SMILES string of the molecule is COc1c(C(C)n2nc(C)c3c(N)ncnc32)cc(Cl)c(C#N)c1C1CN(C(=O)OC(C)(C)C)C1. The molecule has 4 rings (SSSR count). The van der Waals surface area contributed by atoms with Crippen molar-refractivity contribution in [1.29, 1.82) is 5.26 Å². The van der Waals surface area contributed by atoms with Crippen molar-refractivity contribution in [3.8, 4) is 11.8 Å². The number of halogens is 1. The Morgan fingerprint density at radius 1 is 1.34 bits per heavy atom. The first-order valence-electron chi connectivity index (χ1n) is 11.2. The number of nitriles is 1. The Bertz CT molecular complexity index is 1350. The zero-order valence-corrected chi connectivity index (χ0v) is 21.3. The van der Waals surface area contributed by atoms with E-state index in [0.717, 1.165) is 5.56 Å². The topological polar surface area (TPSA) is 132 Å². The zero-order valence-electron chi connectivity index (χ0n) is 20.6. The highest BCUT2D eigenvalue weighted by Gasteiger charge is 2.39. The van der Waals surface area contributed by atoms with E-state index in [4.69, 9.17) is 26.8 Å². The van der Waals surface area contributed by atoms with Gasteiger partial charge in [-0.3, -0.25) is 0 Å². The maximum absolute atomic E-state index is 12.5. The molecule has 1 aromatic carbocycles. The number of ether oxygens (including phenoxy) is 2. The van der Waals surface area contributed by atoms with Crippen molar-refractivity contribution in [3.05, 3.63) is 39.8 Å². The van der Waals surface area contributed by atoms with Gasteiger partial charge in [0.05, 0.1) is 34.8 Å². The second-order valence-electron chi connectivity index (χ2n) is 9.63. The van der Waals surface area contributed by atoms with Crippen LogP contribution < -0.4 is 10.5 Å². The van der Waals surface area contributed by atoms with Gasteiger partial charge >= 0.3 is 6.09 Å². The molecule has 2 aromatic heterocycles. The third-order valence-electron chi connectivity index (χ3n) is 6.06. The highest BCUT2D eigenvalue weighted by Crippen LogP contribution is 2.44. The molecule has 0 bridgehead atoms. The molecule has 3 heterocycles. The smallest absolute Gasteiger partial charge is 0.410 e. The summed E-state index contributed by atoms with van der Waals surface area (Å²) in [6.07, 6.45) is 1.01. The molecule has 1 amide bonds. The Hall–Kier alpha value is -3.58. The summed E-state index contributed by atoms with van der Waals surface area (Å²) in [6, 6.07) is 3.59. The van der Waals surface area contributed by atoms with Crippen LogP contribution in [-0.4, -0.2) is 56.5 Å². The zero-order chi connectivity index (χ0) is 25.7. The maximum Gasteiger partial charge on any atom is 0.410 e. The van der Waals surface area contributed by atoms with Crippen LogP contribution in [0.15, 0.2) is 12.4 Å². The van der Waals surface area contributed by atoms with Crippen molar-refractivity contribution < 1.29 is 14.3 Å². The molecule has 1 aliphatic rings. The molecule has 10 nitrogen and oxygen atoms in total. The number of hydrogen-bond acceptors (Lipinski definition) is 8. The first kappa shape index (κ1) is 24.5. The molecule has 0 spiro atoms. The number of hydrogen-bond donors (Lipinski definition) is 1. The molecular formula is C24H28ClN7O3. The predicted molar refractivity (Wildman–Crippen MR) is 132 cm³/mol. The lowest BCUT2D eigenvalue weighted by atomic mass is 9.85. The van der Waals surface area contributed by atoms with Crippen molar-refractivity contribution in [1.82, 2.24) is 24.6 Å². The number of nitrogens with two attached hydrogens (primary N) is 1. The van der Waals surface area contributed by atoms with Gasteiger partial charge < -0.3 is 20.1 Å². The van der Waals surface area contributed by atoms with Crippen LogP contribution in [0.3, 0.4) is 0 Å². The lowest BCUT2D eigenvalue weighted by Gasteiger charge is -2.41. The minimum absolute atomic E-state index is 0.133. The van der Waals surface area contributed by atoms with Gasteiger partial charge in [-0.25, -0.2) is 19.4 Å². The molecular weight excluding hydrogens is 470 g/mol. The quantitative estimate of drug-likeness (QED) is 0.567. The summed E-state index contributed by atoms with van der Waals surface area (Å²) in [4.78, 5) is 22.5. The van der Waals surface area contributed by atoms with E-state index >= 15 is 0 Å². The van der Waals surface area contributed by atoms with Gasteiger partial charge in [0.15, 0.2) is 5.65 Å². The molecule has 3 aromatic rings. The lowest BCUT2D eigenvalue weighted by molar-refractivity contribution is 0.00797. The van der Waals surface area contributed by atoms with Gasteiger partial charge in [-0.2, -0.15) is 10.4 Å². The number of amides is 1. The van der Waals surface area contributed by atoms with Gasteiger partial charge in [0, 0.05) is 30.1 Å². The average Bonchev–Trinajstić information content (AvgIpc) is 3.08. The number of carbonyl (C=O) groups excluding carboxylic acids is 1. The third kappa shape index (κ3) is 4.32. The Morgan fingerprint density at radius 3 is 2.63 bits per heavy atom. The minimum atomic E-state index is -0.589. The fourth-order valence-corrected chi connectivity index (χ4v) is 4.68. The lowest BCUT2D eigenvalue weighted by Crippen LogP contribution is -2.50. The number of fused-ring (bicyclic) bond motifs is 1. The highest BCUT2D eigenvalue weighted by atomic mass is 35.5. The Morgan fingerprint density at radius 2 is 2.03 bits per heavy atom. The summed E-state index contributed by atoms with van der Waals surface area (Å²) < 4.78 is 13.1. The van der Waals surface area contributed by atoms with E-state index in [9.17, 15) is 10.1 Å². The van der Waals surface area contributed by atoms with Gasteiger partial charge in [0.2, 0.25) is 0 Å². The average molecular weight is 498 g/mol. The molecule has 1 aliphatic heterocycles. The molecule has 184 valence electrons. The van der Waals surface area contributed by atoms with Gasteiger partial charge in [-0.05, 0) is 40.7 Å². The normalized spacial score (nSPS) is 15.0. The van der Waals surface area contributed by atoms with Crippen LogP contribution in [0.5, 0.6) is 5.75 Å². The number of carbonyl (C=O) groups is 1. The van der Waals surface area contributed by atoms with Crippen molar-refractivity contribution in [3.63, 3.8) is 0 Å². The van der Waals surface area contributed by atoms with Crippen LogP contribution in [0.2, 0.25) is 5.02 Å². The van der Waals surface area contributed by atoms with Crippen molar-refractivity contribution in [2.75, 3.05) is 25.9 Å². The van der Waals surface area contributed by atoms with E-state index in [1.54, 1.807) is 22.8 Å². The number of anilines is 1. The molecule has 1 unspecified atom stereocenters. The van der Waals surface area contributed by atoms with Crippen LogP contribution in [0.4, 0.5) is 10.6 Å². The number of likely N-dealkylation sites (tertiary alicyclic amines) is 1. The fourth-order valence-electron chi connectivity index (χ4n) is 4.42. The molecule has 1 atom stereocenters. The number of nitrogen functional groups attached to an aromatic ring is 1. The fraction of sp³-hybridized carbons (Fsp3) is 0.458. The summed E-state index contributed by atoms with van der Waals surface area (Å²) >= 11 is 6.60. The maximum atomic E-state index is 12.5. The molecule has 11 heteroatoms. The highest BCUT2D eigenvalue weighted by molar-refractivity contribution is 6.32. The Kier molecular flexibility index (Phi) is 6.23. The number of rotatable bonds is 4. The largest absolute Gasteiger partial charge is 0.496 e. The number of nitrogens with zero attached hydrogens (tertiary/aromatic N) is 6. The second kappa shape index (κ2) is 8.89. The number of aromatic nitrogens is 4. The summed E-state index contributed by atoms with van der Waals surface area (Å²) in [5, 5.41) is 15.5. The molecule has 0 saturated carbocycles. The molecule has 0 aliphatic carbocycles. The number of aryl methyl sites for hydroxylation is 1. The second-order valence-corrected chi connectivity index (χ2v) is 10.0. The Labute approximate surface area is 208 Å². The standard InChI is InChI=1S/C24H28ClN7O3/c1-12-18-21(27)28-11-29-22(18)32(30-12)13(2)15-7-17(25)16(8-26)19(20(15)34-6)14-9-31(10-14)23(33)35-24(3,4)5/h7,11,13-14H,9-10H2,1-6H3,(H2,27,28,29). The van der Waals surface area contributed by atoms with Crippen molar-refractivity contribution in [2.24, 2.45) is 0 Å². The third-order valence-corrected chi connectivity index (χ3v) is 6.36. The molecule has 0 radical (unpaired) electrons. The molecule has 2 N–H and O–H groups in total. The van der Waals surface area contributed by atoms with E-state index in [2.05, 4.69) is 21.1 Å². The van der Waals surface area contributed by atoms with E-state index in [0.29, 0.717) is 57.5 Å². The van der Waals surface area contributed by atoms with Gasteiger partial charge in [0.1, 0.15) is 29.6 Å². The summed E-state index contributed by atoms with van der Waals surface area (Å²) in [5.74, 6) is 0.759. The van der Waals surface area contributed by atoms with Crippen LogP contribution >= 0.6 is 11.6 Å². The first-order chi connectivity index (χ1) is 16.5. The van der Waals surface area contributed by atoms with Gasteiger partial charge in [0.25, 0.3) is 0 Å². The van der Waals surface area contributed by atoms with E-state index in [1.807, 2.05) is 34.6 Å². The number of benzene rings is 1. The van der Waals surface area contributed by atoms with Gasteiger partial charge in [-0.15, -0.1) is 0 Å². The molecule has 35 heavy (non-hydrogen) atoms. The van der Waals surface area contributed by atoms with Gasteiger partial charge in [-0.1, -0.05) is 11.6 Å². The molecule has 1 fully saturated rings. The van der Waals surface area contributed by atoms with E-state index < -0.39 is 11.7 Å². The van der Waals surface area contributed by atoms with Crippen molar-refractivity contribution in [2.45, 2.75) is 52.2 Å². The summed E-state index contributed by atoms with van der Waals surface area (Å²) in [7, 11) is 1.56. The minimum Gasteiger partial charge on any atom is -0.496 e. The Balaban J connectivity index is 1.76. The van der Waals surface area contributed by atoms with Crippen LogP contribution in [0.1, 0.15) is 62.0 Å². The summed E-state index contributed by atoms with van der Waals surface area (Å²) in [5.41, 5.74) is 8.51. The summed E-state index contributed by atoms with van der Waals surface area (Å²) in [6.45, 7) is 10.0. The molecule has 1 saturated heterocycles. The monoisotopic (exact) mass is 497 g/mol. The predicted octanol–water partition coefficient (Wildman–Crippen LogP) is 4.19. The van der Waals surface area contributed by atoms with E-state index in [1.165, 1.54) is 6.33 Å². The van der Waals surface area contributed by atoms with Crippen molar-refractivity contribution >= 4 is 34.5 Å². The van der Waals surface area contributed by atoms with Crippen LogP contribution in [0, 0.1) is 18.3 Å². The van der Waals surface area contributed by atoms with Crippen LogP contribution in [-0.2, 0) is 4.74 Å². The van der Waals surface area contributed by atoms with Crippen LogP contribution in [0.25, 0.3) is 11.0 Å². The number of methoxy groups -OCH3 is 1.